The number of rotatable bonds is 9. The van der Waals surface area contributed by atoms with E-state index in [4.69, 9.17) is 19.7 Å². The largest absolute Gasteiger partial charge is 0.459 e. The minimum Gasteiger partial charge on any atom is -0.459 e. The third-order valence-electron chi connectivity index (χ3n) is 2.50. The third kappa shape index (κ3) is 8.44. The van der Waals surface area contributed by atoms with Gasteiger partial charge in [-0.15, -0.1) is 0 Å². The van der Waals surface area contributed by atoms with Crippen molar-refractivity contribution in [2.75, 3.05) is 13.2 Å². The summed E-state index contributed by atoms with van der Waals surface area (Å²) in [5.74, 6) is -3.71. The van der Waals surface area contributed by atoms with Gasteiger partial charge in [-0.1, -0.05) is 0 Å². The van der Waals surface area contributed by atoms with Crippen molar-refractivity contribution in [3.63, 3.8) is 0 Å². The molecule has 0 bridgehead atoms. The van der Waals surface area contributed by atoms with Crippen LogP contribution in [0.2, 0.25) is 0 Å². The Bertz CT molecular complexity index is 414. The van der Waals surface area contributed by atoms with Gasteiger partial charge < -0.3 is 29.2 Å². The first-order valence-electron chi connectivity index (χ1n) is 7.16. The Hall–Kier alpha value is -2.20. The average molecular weight is 350 g/mol. The van der Waals surface area contributed by atoms with Gasteiger partial charge in [-0.2, -0.15) is 0 Å². The van der Waals surface area contributed by atoms with Crippen LogP contribution in [0.25, 0.3) is 0 Å². The molecular weight excluding hydrogens is 328 g/mol. The average Bonchev–Trinajstić information content (AvgIpc) is 2.50. The van der Waals surface area contributed by atoms with Gasteiger partial charge in [-0.3, -0.25) is 0 Å². The van der Waals surface area contributed by atoms with Gasteiger partial charge in [0.15, 0.2) is 12.2 Å². The lowest BCUT2D eigenvalue weighted by Gasteiger charge is -2.15. The number of aliphatic hydroxyl groups is 2. The summed E-state index contributed by atoms with van der Waals surface area (Å²) in [6, 6.07) is 0. The summed E-state index contributed by atoms with van der Waals surface area (Å²) < 4.78 is 18.6. The van der Waals surface area contributed by atoms with Crippen LogP contribution in [0.4, 0.5) is 0 Å². The second-order valence-electron chi connectivity index (χ2n) is 4.85. The van der Waals surface area contributed by atoms with Gasteiger partial charge in [0.25, 0.3) is 0 Å². The van der Waals surface area contributed by atoms with E-state index in [1.807, 2.05) is 0 Å². The normalized spacial score (nSPS) is 15.4. The Morgan fingerprint density at radius 2 is 0.958 bits per heavy atom. The van der Waals surface area contributed by atoms with Crippen LogP contribution in [0.1, 0.15) is 27.7 Å². The predicted octanol–water partition coefficient (Wildman–Crippen LogP) is -1.30. The lowest BCUT2D eigenvalue weighted by Crippen LogP contribution is -2.32. The molecule has 0 aliphatic carbocycles. The Labute approximate surface area is 138 Å². The lowest BCUT2D eigenvalue weighted by molar-refractivity contribution is -0.175. The highest BCUT2D eigenvalue weighted by molar-refractivity contribution is 5.81. The quantitative estimate of drug-likeness (QED) is 0.292. The van der Waals surface area contributed by atoms with Crippen molar-refractivity contribution in [2.45, 2.75) is 52.1 Å². The van der Waals surface area contributed by atoms with Crippen molar-refractivity contribution in [3.8, 4) is 0 Å². The Morgan fingerprint density at radius 3 is 1.21 bits per heavy atom. The molecule has 0 amide bonds. The molecule has 24 heavy (non-hydrogen) atoms. The van der Waals surface area contributed by atoms with E-state index in [2.05, 4.69) is 9.47 Å². The second-order valence-corrected chi connectivity index (χ2v) is 4.85. The van der Waals surface area contributed by atoms with Gasteiger partial charge in [0, 0.05) is 0 Å². The molecule has 0 aliphatic rings. The third-order valence-corrected chi connectivity index (χ3v) is 2.50. The van der Waals surface area contributed by atoms with Gasteiger partial charge in [0.05, 0.1) is 0 Å². The Kier molecular flexibility index (Phi) is 9.58. The molecule has 0 rings (SSSR count). The second kappa shape index (κ2) is 10.6. The van der Waals surface area contributed by atoms with E-state index in [-0.39, 0.29) is 13.2 Å². The number of carbonyl (C=O) groups is 4. The highest BCUT2D eigenvalue weighted by Crippen LogP contribution is 2.00. The molecule has 0 aromatic carbocycles. The molecule has 0 aliphatic heterocycles. The van der Waals surface area contributed by atoms with Crippen LogP contribution < -0.4 is 0 Å². The molecule has 0 fully saturated rings. The lowest BCUT2D eigenvalue weighted by atomic mass is 10.4. The predicted molar refractivity (Wildman–Crippen MR) is 76.4 cm³/mol. The van der Waals surface area contributed by atoms with E-state index in [0.717, 1.165) is 0 Å². The molecule has 0 spiro atoms. The van der Waals surface area contributed by atoms with Crippen molar-refractivity contribution < 1.29 is 48.3 Å². The first-order chi connectivity index (χ1) is 11.1. The standard InChI is InChI=1S/C14H22O10/c1-7(15)11(17)23-9(3)13(19)21-5-6-22-14(20)10(4)24-12(18)8(2)16/h7-10,15-16H,5-6H2,1-4H3. The molecule has 0 saturated heterocycles. The minimum absolute atomic E-state index is 0.307. The summed E-state index contributed by atoms with van der Waals surface area (Å²) in [6.07, 6.45) is -5.19. The van der Waals surface area contributed by atoms with E-state index in [0.29, 0.717) is 0 Å². The zero-order valence-electron chi connectivity index (χ0n) is 13.9. The molecule has 4 atom stereocenters. The van der Waals surface area contributed by atoms with Crippen LogP contribution in [-0.2, 0) is 38.1 Å². The van der Waals surface area contributed by atoms with Crippen LogP contribution in [0, 0.1) is 0 Å². The van der Waals surface area contributed by atoms with E-state index >= 15 is 0 Å². The van der Waals surface area contributed by atoms with Crippen LogP contribution in [-0.4, -0.2) is 71.7 Å². The number of aliphatic hydroxyl groups excluding tert-OH is 2. The number of ether oxygens (including phenoxy) is 4. The Balaban J connectivity index is 4.03. The summed E-state index contributed by atoms with van der Waals surface area (Å²) in [7, 11) is 0. The van der Waals surface area contributed by atoms with Crippen molar-refractivity contribution in [1.29, 1.82) is 0 Å². The smallest absolute Gasteiger partial charge is 0.347 e. The Morgan fingerprint density at radius 1 is 0.667 bits per heavy atom. The van der Waals surface area contributed by atoms with Crippen LogP contribution >= 0.6 is 0 Å². The fraction of sp³-hybridized carbons (Fsp3) is 0.714. The van der Waals surface area contributed by atoms with E-state index in [1.165, 1.54) is 27.7 Å². The highest BCUT2D eigenvalue weighted by Gasteiger charge is 2.23. The maximum atomic E-state index is 11.5. The summed E-state index contributed by atoms with van der Waals surface area (Å²) in [5.41, 5.74) is 0. The van der Waals surface area contributed by atoms with Gasteiger partial charge in [-0.05, 0) is 27.7 Å². The molecule has 0 aromatic rings. The molecule has 0 aromatic heterocycles. The topological polar surface area (TPSA) is 146 Å². The summed E-state index contributed by atoms with van der Waals surface area (Å²) in [4.78, 5) is 45.1. The van der Waals surface area contributed by atoms with Gasteiger partial charge >= 0.3 is 23.9 Å². The van der Waals surface area contributed by atoms with Crippen LogP contribution in [0.3, 0.4) is 0 Å². The maximum Gasteiger partial charge on any atom is 0.347 e. The zero-order chi connectivity index (χ0) is 18.9. The fourth-order valence-corrected chi connectivity index (χ4v) is 1.16. The van der Waals surface area contributed by atoms with E-state index in [1.54, 1.807) is 0 Å². The van der Waals surface area contributed by atoms with Gasteiger partial charge in [0.1, 0.15) is 25.4 Å². The first kappa shape index (κ1) is 21.8. The van der Waals surface area contributed by atoms with E-state index in [9.17, 15) is 19.2 Å². The molecule has 138 valence electrons. The minimum atomic E-state index is -1.37. The number of esters is 4. The number of hydrogen-bond acceptors (Lipinski definition) is 10. The molecule has 0 heterocycles. The zero-order valence-corrected chi connectivity index (χ0v) is 13.9. The molecule has 0 radical (unpaired) electrons. The summed E-state index contributed by atoms with van der Waals surface area (Å²) >= 11 is 0. The van der Waals surface area contributed by atoms with Crippen molar-refractivity contribution >= 4 is 23.9 Å². The first-order valence-corrected chi connectivity index (χ1v) is 7.16. The van der Waals surface area contributed by atoms with Crippen LogP contribution in [0.5, 0.6) is 0 Å². The molecular formula is C14H22O10. The molecule has 10 heteroatoms. The molecule has 2 N–H and O–H groups in total. The van der Waals surface area contributed by atoms with E-state index < -0.39 is 48.3 Å². The maximum absolute atomic E-state index is 11.5. The van der Waals surface area contributed by atoms with Crippen molar-refractivity contribution in [2.24, 2.45) is 0 Å². The monoisotopic (exact) mass is 350 g/mol. The summed E-state index contributed by atoms with van der Waals surface area (Å²) in [6.45, 7) is 4.27. The summed E-state index contributed by atoms with van der Waals surface area (Å²) in [5, 5.41) is 17.9. The van der Waals surface area contributed by atoms with Crippen molar-refractivity contribution in [1.82, 2.24) is 0 Å². The van der Waals surface area contributed by atoms with Gasteiger partial charge in [0.2, 0.25) is 0 Å². The van der Waals surface area contributed by atoms with Gasteiger partial charge in [-0.25, -0.2) is 19.2 Å². The fourth-order valence-electron chi connectivity index (χ4n) is 1.16. The molecule has 0 saturated carbocycles. The molecule has 10 nitrogen and oxygen atoms in total. The van der Waals surface area contributed by atoms with Crippen LogP contribution in [0.15, 0.2) is 0 Å². The number of hydrogen-bond donors (Lipinski definition) is 2. The van der Waals surface area contributed by atoms with Crippen molar-refractivity contribution in [3.05, 3.63) is 0 Å². The molecule has 4 unspecified atom stereocenters. The highest BCUT2D eigenvalue weighted by atomic mass is 16.6. The number of carbonyl (C=O) groups excluding carboxylic acids is 4. The SMILES string of the molecule is CC(O)C(=O)OC(C)C(=O)OCCOC(=O)C(C)OC(=O)C(C)O.